The first-order valence-electron chi connectivity index (χ1n) is 14.0. The molecule has 3 aromatic carbocycles. The van der Waals surface area contributed by atoms with Gasteiger partial charge < -0.3 is 15.3 Å². The molecule has 1 aliphatic carbocycles. The van der Waals surface area contributed by atoms with Crippen LogP contribution in [-0.2, 0) is 6.42 Å². The molecule has 0 saturated carbocycles. The Kier molecular flexibility index (Phi) is 8.40. The van der Waals surface area contributed by atoms with Gasteiger partial charge in [-0.1, -0.05) is 61.4 Å². The van der Waals surface area contributed by atoms with E-state index in [2.05, 4.69) is 70.9 Å². The molecule has 2 N–H and O–H groups in total. The van der Waals surface area contributed by atoms with Crippen LogP contribution in [-0.4, -0.2) is 31.3 Å². The Balaban J connectivity index is 1.48. The van der Waals surface area contributed by atoms with Crippen molar-refractivity contribution in [2.24, 2.45) is 0 Å². The van der Waals surface area contributed by atoms with Crippen LogP contribution in [0.4, 0.5) is 5.69 Å². The SMILES string of the molecule is Oc1ccc2c(c1)CCCC(c1ccccc1)=C2c1ccc(N2CCCCCNCCCCC2)cc1. The summed E-state index contributed by atoms with van der Waals surface area (Å²) in [5.74, 6) is 0.359. The fraction of sp³-hybridized carbons (Fsp3) is 0.394. The predicted octanol–water partition coefficient (Wildman–Crippen LogP) is 7.44. The molecule has 3 heteroatoms. The number of fused-ring (bicyclic) bond motifs is 1. The molecule has 0 radical (unpaired) electrons. The van der Waals surface area contributed by atoms with Gasteiger partial charge in [0.2, 0.25) is 0 Å². The smallest absolute Gasteiger partial charge is 0.115 e. The van der Waals surface area contributed by atoms with Crippen LogP contribution >= 0.6 is 0 Å². The van der Waals surface area contributed by atoms with E-state index in [0.717, 1.165) is 45.4 Å². The topological polar surface area (TPSA) is 35.5 Å². The van der Waals surface area contributed by atoms with Gasteiger partial charge in [-0.3, -0.25) is 0 Å². The Hall–Kier alpha value is -3.04. The normalized spacial score (nSPS) is 18.1. The molecule has 3 aromatic rings. The number of benzene rings is 3. The van der Waals surface area contributed by atoms with Gasteiger partial charge in [0.05, 0.1) is 0 Å². The molecular formula is C33H40N2O. The van der Waals surface area contributed by atoms with Crippen molar-refractivity contribution < 1.29 is 5.11 Å². The maximum absolute atomic E-state index is 10.2. The summed E-state index contributed by atoms with van der Waals surface area (Å²) in [5.41, 5.74) is 9.15. The minimum absolute atomic E-state index is 0.359. The number of phenols is 1. The zero-order valence-electron chi connectivity index (χ0n) is 21.5. The molecule has 1 heterocycles. The van der Waals surface area contributed by atoms with Crippen molar-refractivity contribution >= 4 is 16.8 Å². The molecule has 1 saturated heterocycles. The highest BCUT2D eigenvalue weighted by Crippen LogP contribution is 2.41. The quantitative estimate of drug-likeness (QED) is 0.409. The van der Waals surface area contributed by atoms with E-state index >= 15 is 0 Å². The molecule has 0 aromatic heterocycles. The largest absolute Gasteiger partial charge is 0.508 e. The molecule has 0 amide bonds. The van der Waals surface area contributed by atoms with Gasteiger partial charge in [-0.25, -0.2) is 0 Å². The van der Waals surface area contributed by atoms with E-state index in [4.69, 9.17) is 0 Å². The van der Waals surface area contributed by atoms with E-state index in [9.17, 15) is 5.11 Å². The van der Waals surface area contributed by atoms with Gasteiger partial charge in [-0.2, -0.15) is 0 Å². The molecule has 2 aliphatic rings. The summed E-state index contributed by atoms with van der Waals surface area (Å²) in [4.78, 5) is 2.60. The number of nitrogens with one attached hydrogen (secondary N) is 1. The number of aromatic hydroxyl groups is 1. The molecule has 1 aliphatic heterocycles. The summed E-state index contributed by atoms with van der Waals surface area (Å²) in [6, 6.07) is 26.1. The van der Waals surface area contributed by atoms with Crippen LogP contribution in [0.5, 0.6) is 5.75 Å². The lowest BCUT2D eigenvalue weighted by Crippen LogP contribution is -2.27. The summed E-state index contributed by atoms with van der Waals surface area (Å²) in [6.07, 6.45) is 10.8. The first-order chi connectivity index (χ1) is 17.8. The van der Waals surface area contributed by atoms with Gasteiger partial charge >= 0.3 is 0 Å². The highest BCUT2D eigenvalue weighted by molar-refractivity contribution is 6.00. The van der Waals surface area contributed by atoms with Gasteiger partial charge in [0, 0.05) is 18.8 Å². The van der Waals surface area contributed by atoms with Gasteiger partial charge in [0.25, 0.3) is 0 Å². The molecule has 0 bridgehead atoms. The molecule has 188 valence electrons. The van der Waals surface area contributed by atoms with Crippen LogP contribution < -0.4 is 10.2 Å². The number of nitrogens with zero attached hydrogens (tertiary/aromatic N) is 1. The predicted molar refractivity (Wildman–Crippen MR) is 153 cm³/mol. The maximum atomic E-state index is 10.2. The number of aryl methyl sites for hydroxylation is 1. The number of anilines is 1. The van der Waals surface area contributed by atoms with Crippen molar-refractivity contribution in [1.29, 1.82) is 0 Å². The van der Waals surface area contributed by atoms with Gasteiger partial charge in [-0.05, 0) is 116 Å². The third kappa shape index (κ3) is 6.02. The Bertz CT molecular complexity index is 1140. The molecule has 1 fully saturated rings. The van der Waals surface area contributed by atoms with Gasteiger partial charge in [0.15, 0.2) is 0 Å². The zero-order chi connectivity index (χ0) is 24.6. The number of hydrogen-bond acceptors (Lipinski definition) is 3. The van der Waals surface area contributed by atoms with E-state index in [0.29, 0.717) is 5.75 Å². The summed E-state index contributed by atoms with van der Waals surface area (Å²) in [7, 11) is 0. The summed E-state index contributed by atoms with van der Waals surface area (Å²) < 4.78 is 0. The summed E-state index contributed by atoms with van der Waals surface area (Å²) >= 11 is 0. The monoisotopic (exact) mass is 480 g/mol. The molecule has 0 atom stereocenters. The second kappa shape index (κ2) is 12.3. The first-order valence-corrected chi connectivity index (χ1v) is 14.0. The molecule has 3 nitrogen and oxygen atoms in total. The number of allylic oxidation sites excluding steroid dienone is 1. The number of phenolic OH excluding ortho intramolecular Hbond substituents is 1. The lowest BCUT2D eigenvalue weighted by Gasteiger charge is -2.26. The van der Waals surface area contributed by atoms with E-state index in [1.165, 1.54) is 77.6 Å². The minimum Gasteiger partial charge on any atom is -0.508 e. The molecule has 0 unspecified atom stereocenters. The minimum atomic E-state index is 0.359. The van der Waals surface area contributed by atoms with E-state index < -0.39 is 0 Å². The average molecular weight is 481 g/mol. The highest BCUT2D eigenvalue weighted by atomic mass is 16.3. The third-order valence-electron chi connectivity index (χ3n) is 7.74. The molecule has 0 spiro atoms. The van der Waals surface area contributed by atoms with Gasteiger partial charge in [-0.15, -0.1) is 0 Å². The molecular weight excluding hydrogens is 440 g/mol. The standard InChI is InChI=1S/C33H40N2O/c36-30-19-20-32-28(25-30)13-10-14-31(26-11-4-1-5-12-26)33(32)27-15-17-29(18-16-27)35-23-8-2-6-21-34-22-7-3-9-24-35/h1,4-5,11-12,15-20,25,34,36H,2-3,6-10,13-14,21-24H2. The zero-order valence-corrected chi connectivity index (χ0v) is 21.5. The fourth-order valence-electron chi connectivity index (χ4n) is 5.82. The lowest BCUT2D eigenvalue weighted by atomic mass is 9.87. The van der Waals surface area contributed by atoms with Crippen LogP contribution in [0, 0.1) is 0 Å². The average Bonchev–Trinajstić information content (AvgIpc) is 3.09. The Labute approximate surface area is 216 Å². The van der Waals surface area contributed by atoms with Crippen LogP contribution in [0.1, 0.15) is 73.6 Å². The second-order valence-corrected chi connectivity index (χ2v) is 10.3. The van der Waals surface area contributed by atoms with Crippen molar-refractivity contribution in [1.82, 2.24) is 5.32 Å². The van der Waals surface area contributed by atoms with Crippen LogP contribution in [0.25, 0.3) is 11.1 Å². The first kappa shape index (κ1) is 24.6. The lowest BCUT2D eigenvalue weighted by molar-refractivity contribution is 0.474. The van der Waals surface area contributed by atoms with Crippen molar-refractivity contribution in [2.75, 3.05) is 31.1 Å². The summed E-state index contributed by atoms with van der Waals surface area (Å²) in [5, 5.41) is 13.8. The number of hydrogen-bond donors (Lipinski definition) is 2. The number of rotatable bonds is 3. The van der Waals surface area contributed by atoms with Gasteiger partial charge in [0.1, 0.15) is 5.75 Å². The van der Waals surface area contributed by atoms with E-state index in [1.807, 2.05) is 12.1 Å². The van der Waals surface area contributed by atoms with Crippen LogP contribution in [0.3, 0.4) is 0 Å². The third-order valence-corrected chi connectivity index (χ3v) is 7.74. The Morgan fingerprint density at radius 2 is 1.36 bits per heavy atom. The Morgan fingerprint density at radius 1 is 0.639 bits per heavy atom. The van der Waals surface area contributed by atoms with Crippen LogP contribution in [0.15, 0.2) is 72.8 Å². The van der Waals surface area contributed by atoms with Crippen molar-refractivity contribution in [3.05, 3.63) is 95.1 Å². The van der Waals surface area contributed by atoms with E-state index in [1.54, 1.807) is 0 Å². The van der Waals surface area contributed by atoms with E-state index in [-0.39, 0.29) is 0 Å². The summed E-state index contributed by atoms with van der Waals surface area (Å²) in [6.45, 7) is 4.60. The highest BCUT2D eigenvalue weighted by Gasteiger charge is 2.21. The fourth-order valence-corrected chi connectivity index (χ4v) is 5.82. The van der Waals surface area contributed by atoms with Crippen molar-refractivity contribution in [3.63, 3.8) is 0 Å². The van der Waals surface area contributed by atoms with Crippen molar-refractivity contribution in [3.8, 4) is 5.75 Å². The molecule has 36 heavy (non-hydrogen) atoms. The second-order valence-electron chi connectivity index (χ2n) is 10.3. The maximum Gasteiger partial charge on any atom is 0.115 e. The Morgan fingerprint density at radius 3 is 2.08 bits per heavy atom. The molecule has 5 rings (SSSR count). The van der Waals surface area contributed by atoms with Crippen LogP contribution in [0.2, 0.25) is 0 Å². The van der Waals surface area contributed by atoms with Crippen molar-refractivity contribution in [2.45, 2.75) is 57.8 Å².